The molecule has 0 saturated carbocycles. The largest absolute Gasteiger partial charge is 0.366 e. The molecule has 7 heteroatoms. The number of para-hydroxylation sites is 1. The fraction of sp³-hybridized carbons (Fsp3) is 0.222. The van der Waals surface area contributed by atoms with Gasteiger partial charge in [-0.15, -0.1) is 0 Å². The number of fused-ring (bicyclic) bond motifs is 3. The second-order valence-corrected chi connectivity index (χ2v) is 6.96. The zero-order chi connectivity index (χ0) is 17.8. The Morgan fingerprint density at radius 2 is 1.96 bits per heavy atom. The van der Waals surface area contributed by atoms with Crippen LogP contribution in [0, 0.1) is 0 Å². The first kappa shape index (κ1) is 15.3. The molecule has 0 unspecified atom stereocenters. The van der Waals surface area contributed by atoms with Crippen LogP contribution in [-0.2, 0) is 5.41 Å². The molecule has 7 nitrogen and oxygen atoms in total. The predicted octanol–water partition coefficient (Wildman–Crippen LogP) is 2.93. The van der Waals surface area contributed by atoms with Crippen molar-refractivity contribution < 1.29 is 9.32 Å². The predicted molar refractivity (Wildman–Crippen MR) is 93.2 cm³/mol. The molecule has 0 bridgehead atoms. The first-order chi connectivity index (χ1) is 11.9. The molecule has 0 aliphatic heterocycles. The number of imidazole rings is 1. The van der Waals surface area contributed by atoms with E-state index in [1.54, 1.807) is 12.4 Å². The third kappa shape index (κ3) is 2.36. The minimum absolute atomic E-state index is 0.258. The van der Waals surface area contributed by atoms with Crippen molar-refractivity contribution in [1.29, 1.82) is 0 Å². The van der Waals surface area contributed by atoms with Gasteiger partial charge in [0.05, 0.1) is 16.6 Å². The summed E-state index contributed by atoms with van der Waals surface area (Å²) in [6.07, 6.45) is 1.69. The SMILES string of the molecule is CC(C)(C)c1nc(-c2ncn3c2cc(C(N)=O)c2ccccc23)no1. The van der Waals surface area contributed by atoms with Crippen LogP contribution in [0.5, 0.6) is 0 Å². The first-order valence-electron chi connectivity index (χ1n) is 7.89. The van der Waals surface area contributed by atoms with Gasteiger partial charge in [-0.05, 0) is 12.1 Å². The molecule has 126 valence electrons. The van der Waals surface area contributed by atoms with Crippen molar-refractivity contribution in [2.45, 2.75) is 26.2 Å². The van der Waals surface area contributed by atoms with Crippen LogP contribution in [0.25, 0.3) is 27.9 Å². The Bertz CT molecular complexity index is 1120. The van der Waals surface area contributed by atoms with E-state index < -0.39 is 5.91 Å². The van der Waals surface area contributed by atoms with Crippen molar-refractivity contribution in [1.82, 2.24) is 19.5 Å². The molecule has 1 amide bonds. The molecule has 0 spiro atoms. The molecule has 0 aliphatic carbocycles. The molecular weight excluding hydrogens is 318 g/mol. The number of nitrogens with zero attached hydrogens (tertiary/aromatic N) is 4. The van der Waals surface area contributed by atoms with E-state index in [1.165, 1.54) is 0 Å². The molecule has 2 N–H and O–H groups in total. The van der Waals surface area contributed by atoms with E-state index in [9.17, 15) is 4.79 Å². The molecule has 1 aromatic carbocycles. The van der Waals surface area contributed by atoms with Crippen molar-refractivity contribution in [3.8, 4) is 11.5 Å². The van der Waals surface area contributed by atoms with Crippen LogP contribution in [0.2, 0.25) is 0 Å². The van der Waals surface area contributed by atoms with Crippen molar-refractivity contribution in [3.63, 3.8) is 0 Å². The second-order valence-electron chi connectivity index (χ2n) is 6.96. The number of benzene rings is 1. The fourth-order valence-corrected chi connectivity index (χ4v) is 2.81. The second kappa shape index (κ2) is 5.14. The number of nitrogens with two attached hydrogens (primary N) is 1. The number of carbonyl (C=O) groups excluding carboxylic acids is 1. The Morgan fingerprint density at radius 3 is 2.64 bits per heavy atom. The third-order valence-corrected chi connectivity index (χ3v) is 4.08. The van der Waals surface area contributed by atoms with Crippen LogP contribution in [0.3, 0.4) is 0 Å². The van der Waals surface area contributed by atoms with Gasteiger partial charge in [-0.3, -0.25) is 9.20 Å². The summed E-state index contributed by atoms with van der Waals surface area (Å²) < 4.78 is 7.26. The normalized spacial score (nSPS) is 12.1. The minimum atomic E-state index is -0.491. The molecule has 4 aromatic rings. The lowest BCUT2D eigenvalue weighted by Gasteiger charge is -2.10. The van der Waals surface area contributed by atoms with Crippen LogP contribution in [-0.4, -0.2) is 25.4 Å². The van der Waals surface area contributed by atoms with E-state index >= 15 is 0 Å². The summed E-state index contributed by atoms with van der Waals surface area (Å²) >= 11 is 0. The number of hydrogen-bond donors (Lipinski definition) is 1. The quantitative estimate of drug-likeness (QED) is 0.607. The van der Waals surface area contributed by atoms with Gasteiger partial charge >= 0.3 is 0 Å². The monoisotopic (exact) mass is 335 g/mol. The van der Waals surface area contributed by atoms with Crippen LogP contribution in [0.4, 0.5) is 0 Å². The van der Waals surface area contributed by atoms with E-state index in [1.807, 2.05) is 49.4 Å². The molecule has 3 aromatic heterocycles. The number of primary amides is 1. The van der Waals surface area contributed by atoms with Gasteiger partial charge in [0.15, 0.2) is 0 Å². The number of pyridine rings is 1. The number of carbonyl (C=O) groups is 1. The van der Waals surface area contributed by atoms with Gasteiger partial charge in [0.25, 0.3) is 0 Å². The van der Waals surface area contributed by atoms with Gasteiger partial charge in [0.2, 0.25) is 17.6 Å². The molecule has 0 atom stereocenters. The maximum atomic E-state index is 11.9. The molecule has 3 heterocycles. The van der Waals surface area contributed by atoms with Crippen LogP contribution in [0.15, 0.2) is 41.2 Å². The number of aromatic nitrogens is 4. The summed E-state index contributed by atoms with van der Waals surface area (Å²) in [4.78, 5) is 20.8. The Labute approximate surface area is 143 Å². The van der Waals surface area contributed by atoms with E-state index in [-0.39, 0.29) is 5.41 Å². The summed E-state index contributed by atoms with van der Waals surface area (Å²) in [5.74, 6) is 0.423. The van der Waals surface area contributed by atoms with E-state index in [4.69, 9.17) is 10.3 Å². The summed E-state index contributed by atoms with van der Waals surface area (Å²) in [7, 11) is 0. The molecule has 0 radical (unpaired) electrons. The van der Waals surface area contributed by atoms with Gasteiger partial charge in [0.1, 0.15) is 12.0 Å². The number of hydrogen-bond acceptors (Lipinski definition) is 5. The zero-order valence-corrected chi connectivity index (χ0v) is 14.1. The maximum absolute atomic E-state index is 11.9. The highest BCUT2D eigenvalue weighted by atomic mass is 16.5. The highest BCUT2D eigenvalue weighted by molar-refractivity contribution is 6.07. The lowest BCUT2D eigenvalue weighted by Crippen LogP contribution is -2.12. The van der Waals surface area contributed by atoms with E-state index in [0.717, 1.165) is 10.9 Å². The van der Waals surface area contributed by atoms with Gasteiger partial charge in [-0.1, -0.05) is 44.1 Å². The van der Waals surface area contributed by atoms with Crippen LogP contribution >= 0.6 is 0 Å². The standard InChI is InChI=1S/C18H17N5O2/c1-18(2,3)17-21-16(22-25-17)14-13-8-11(15(19)24)10-6-4-5-7-12(10)23(13)9-20-14/h4-9H,1-3H3,(H2,19,24). The zero-order valence-electron chi connectivity index (χ0n) is 14.1. The molecule has 0 aliphatic rings. The minimum Gasteiger partial charge on any atom is -0.366 e. The highest BCUT2D eigenvalue weighted by Crippen LogP contribution is 2.29. The Kier molecular flexibility index (Phi) is 3.15. The lowest BCUT2D eigenvalue weighted by atomic mass is 9.97. The summed E-state index contributed by atoms with van der Waals surface area (Å²) in [5.41, 5.74) is 7.84. The summed E-state index contributed by atoms with van der Waals surface area (Å²) in [6.45, 7) is 5.98. The van der Waals surface area contributed by atoms with Crippen LogP contribution in [0.1, 0.15) is 37.0 Å². The van der Waals surface area contributed by atoms with Gasteiger partial charge in [-0.25, -0.2) is 4.98 Å². The smallest absolute Gasteiger partial charge is 0.249 e. The van der Waals surface area contributed by atoms with E-state index in [2.05, 4.69) is 15.1 Å². The molecule has 0 fully saturated rings. The third-order valence-electron chi connectivity index (χ3n) is 4.08. The van der Waals surface area contributed by atoms with Crippen molar-refractivity contribution in [2.75, 3.05) is 0 Å². The van der Waals surface area contributed by atoms with Gasteiger partial charge < -0.3 is 10.3 Å². The van der Waals surface area contributed by atoms with Crippen molar-refractivity contribution in [3.05, 3.63) is 48.1 Å². The topological polar surface area (TPSA) is 99.3 Å². The average Bonchev–Trinajstić information content (AvgIpc) is 3.20. The average molecular weight is 335 g/mol. The van der Waals surface area contributed by atoms with Gasteiger partial charge in [0, 0.05) is 10.8 Å². The fourth-order valence-electron chi connectivity index (χ4n) is 2.81. The summed E-state index contributed by atoms with van der Waals surface area (Å²) in [6, 6.07) is 9.27. The Balaban J connectivity index is 2.01. The first-order valence-corrected chi connectivity index (χ1v) is 7.89. The summed E-state index contributed by atoms with van der Waals surface area (Å²) in [5, 5.41) is 4.82. The maximum Gasteiger partial charge on any atom is 0.249 e. The van der Waals surface area contributed by atoms with Crippen LogP contribution < -0.4 is 5.73 Å². The van der Waals surface area contributed by atoms with E-state index in [0.29, 0.717) is 28.5 Å². The Morgan fingerprint density at radius 1 is 1.20 bits per heavy atom. The van der Waals surface area contributed by atoms with Gasteiger partial charge in [-0.2, -0.15) is 4.98 Å². The molecule has 0 saturated heterocycles. The number of amides is 1. The van der Waals surface area contributed by atoms with Crippen molar-refractivity contribution in [2.24, 2.45) is 5.73 Å². The molecular formula is C18H17N5O2. The molecule has 25 heavy (non-hydrogen) atoms. The lowest BCUT2D eigenvalue weighted by molar-refractivity contribution is 0.100. The number of rotatable bonds is 2. The highest BCUT2D eigenvalue weighted by Gasteiger charge is 2.24. The molecule has 4 rings (SSSR count). The van der Waals surface area contributed by atoms with Crippen molar-refractivity contribution >= 4 is 22.3 Å². The Hall–Kier alpha value is -3.22.